The predicted octanol–water partition coefficient (Wildman–Crippen LogP) is 3.08. The molecule has 0 saturated heterocycles. The second kappa shape index (κ2) is 6.82. The molecule has 122 valence electrons. The van der Waals surface area contributed by atoms with Gasteiger partial charge in [0, 0.05) is 6.04 Å². The summed E-state index contributed by atoms with van der Waals surface area (Å²) in [5, 5.41) is 2.96. The molecular weight excluding hydrogens is 298 g/mol. The smallest absolute Gasteiger partial charge is 0.242 e. The first-order valence-corrected chi connectivity index (χ1v) is 9.57. The maximum absolute atomic E-state index is 13.1. The van der Waals surface area contributed by atoms with Gasteiger partial charge in [0.05, 0.1) is 4.90 Å². The van der Waals surface area contributed by atoms with Crippen LogP contribution in [-0.2, 0) is 14.6 Å². The van der Waals surface area contributed by atoms with Crippen LogP contribution in [0.1, 0.15) is 52.4 Å². The fourth-order valence-corrected chi connectivity index (χ4v) is 5.29. The number of benzene rings is 1. The van der Waals surface area contributed by atoms with E-state index in [4.69, 9.17) is 0 Å². The molecule has 4 nitrogen and oxygen atoms in total. The van der Waals surface area contributed by atoms with E-state index in [0.29, 0.717) is 12.8 Å². The Balaban J connectivity index is 2.39. The first kappa shape index (κ1) is 17.0. The van der Waals surface area contributed by atoms with Crippen LogP contribution in [0, 0.1) is 0 Å². The van der Waals surface area contributed by atoms with Crippen molar-refractivity contribution >= 4 is 15.7 Å². The van der Waals surface area contributed by atoms with Crippen molar-refractivity contribution in [1.29, 1.82) is 0 Å². The van der Waals surface area contributed by atoms with Crippen molar-refractivity contribution in [2.45, 2.75) is 68.1 Å². The molecule has 0 aromatic heterocycles. The van der Waals surface area contributed by atoms with E-state index >= 15 is 0 Å². The van der Waals surface area contributed by atoms with E-state index in [1.165, 1.54) is 0 Å². The molecule has 22 heavy (non-hydrogen) atoms. The van der Waals surface area contributed by atoms with Crippen molar-refractivity contribution in [3.05, 3.63) is 30.3 Å². The van der Waals surface area contributed by atoms with Crippen LogP contribution in [0.4, 0.5) is 0 Å². The van der Waals surface area contributed by atoms with Gasteiger partial charge in [-0.2, -0.15) is 0 Å². The molecule has 1 aromatic rings. The van der Waals surface area contributed by atoms with Crippen molar-refractivity contribution in [3.8, 4) is 0 Å². The van der Waals surface area contributed by atoms with Crippen molar-refractivity contribution in [2.24, 2.45) is 0 Å². The Morgan fingerprint density at radius 1 is 1.14 bits per heavy atom. The van der Waals surface area contributed by atoms with Crippen LogP contribution in [0.5, 0.6) is 0 Å². The topological polar surface area (TPSA) is 63.2 Å². The zero-order valence-electron chi connectivity index (χ0n) is 13.3. The maximum Gasteiger partial charge on any atom is 0.242 e. The first-order chi connectivity index (χ1) is 10.5. The summed E-state index contributed by atoms with van der Waals surface area (Å²) < 4.78 is 24.9. The van der Waals surface area contributed by atoms with Crippen LogP contribution in [0.15, 0.2) is 35.2 Å². The zero-order chi connectivity index (χ0) is 16.2. The Morgan fingerprint density at radius 2 is 1.68 bits per heavy atom. The van der Waals surface area contributed by atoms with Crippen LogP contribution < -0.4 is 5.32 Å². The molecule has 1 aliphatic carbocycles. The van der Waals surface area contributed by atoms with Gasteiger partial charge in [0.2, 0.25) is 5.91 Å². The number of nitrogens with one attached hydrogen (secondary N) is 1. The van der Waals surface area contributed by atoms with Gasteiger partial charge in [-0.15, -0.1) is 0 Å². The van der Waals surface area contributed by atoms with Gasteiger partial charge in [-0.25, -0.2) is 8.42 Å². The third-order valence-electron chi connectivity index (χ3n) is 4.71. The fraction of sp³-hybridized carbons (Fsp3) is 0.588. The Bertz CT molecular complexity index is 600. The lowest BCUT2D eigenvalue weighted by molar-refractivity contribution is -0.124. The summed E-state index contributed by atoms with van der Waals surface area (Å²) in [6.07, 6.45) is 4.00. The van der Waals surface area contributed by atoms with E-state index in [0.717, 1.165) is 25.7 Å². The molecule has 1 N–H and O–H groups in total. The minimum Gasteiger partial charge on any atom is -0.352 e. The second-order valence-corrected chi connectivity index (χ2v) is 8.26. The highest BCUT2D eigenvalue weighted by atomic mass is 32.2. The van der Waals surface area contributed by atoms with Gasteiger partial charge in [-0.3, -0.25) is 4.79 Å². The summed E-state index contributed by atoms with van der Waals surface area (Å²) in [5.41, 5.74) is 0. The highest BCUT2D eigenvalue weighted by Gasteiger charge is 2.53. The molecule has 0 aliphatic heterocycles. The number of carbonyl (C=O) groups excluding carboxylic acids is 1. The lowest BCUT2D eigenvalue weighted by Crippen LogP contribution is -2.53. The highest BCUT2D eigenvalue weighted by Crippen LogP contribution is 2.40. The Morgan fingerprint density at radius 3 is 2.18 bits per heavy atom. The van der Waals surface area contributed by atoms with Crippen LogP contribution >= 0.6 is 0 Å². The lowest BCUT2D eigenvalue weighted by Gasteiger charge is -2.29. The van der Waals surface area contributed by atoms with Crippen LogP contribution in [0.2, 0.25) is 0 Å². The van der Waals surface area contributed by atoms with E-state index in [-0.39, 0.29) is 16.8 Å². The molecule has 0 spiro atoms. The molecular formula is C17H25NO3S. The monoisotopic (exact) mass is 323 g/mol. The first-order valence-electron chi connectivity index (χ1n) is 8.08. The van der Waals surface area contributed by atoms with Gasteiger partial charge in [0.15, 0.2) is 14.6 Å². The van der Waals surface area contributed by atoms with Crippen LogP contribution in [0.3, 0.4) is 0 Å². The molecule has 0 radical (unpaired) electrons. The van der Waals surface area contributed by atoms with Crippen LogP contribution in [0.25, 0.3) is 0 Å². The number of hydrogen-bond donors (Lipinski definition) is 1. The number of carbonyl (C=O) groups is 1. The quantitative estimate of drug-likeness (QED) is 0.875. The second-order valence-electron chi connectivity index (χ2n) is 6.00. The Kier molecular flexibility index (Phi) is 5.27. The van der Waals surface area contributed by atoms with Gasteiger partial charge < -0.3 is 5.32 Å². The van der Waals surface area contributed by atoms with Gasteiger partial charge in [-0.1, -0.05) is 44.9 Å². The minimum atomic E-state index is -3.67. The van der Waals surface area contributed by atoms with Gasteiger partial charge in [-0.05, 0) is 37.8 Å². The molecule has 1 amide bonds. The maximum atomic E-state index is 13.1. The minimum absolute atomic E-state index is 0.0379. The fourth-order valence-electron chi connectivity index (χ4n) is 3.20. The number of rotatable bonds is 6. The molecule has 1 aliphatic rings. The third kappa shape index (κ3) is 2.91. The average molecular weight is 323 g/mol. The summed E-state index contributed by atoms with van der Waals surface area (Å²) in [5.74, 6) is -0.317. The normalized spacial score (nSPS) is 17.6. The Labute approximate surface area is 133 Å². The van der Waals surface area contributed by atoms with Crippen molar-refractivity contribution < 1.29 is 13.2 Å². The third-order valence-corrected chi connectivity index (χ3v) is 7.23. The van der Waals surface area contributed by atoms with E-state index in [1.54, 1.807) is 30.3 Å². The van der Waals surface area contributed by atoms with Crippen molar-refractivity contribution in [2.75, 3.05) is 0 Å². The molecule has 1 aromatic carbocycles. The number of amides is 1. The summed E-state index contributed by atoms with van der Waals surface area (Å²) in [6, 6.07) is 8.39. The summed E-state index contributed by atoms with van der Waals surface area (Å²) in [4.78, 5) is 13.1. The van der Waals surface area contributed by atoms with Gasteiger partial charge in [0.25, 0.3) is 0 Å². The van der Waals surface area contributed by atoms with E-state index in [9.17, 15) is 13.2 Å². The predicted molar refractivity (Wildman–Crippen MR) is 87.3 cm³/mol. The van der Waals surface area contributed by atoms with Crippen LogP contribution in [-0.4, -0.2) is 25.1 Å². The van der Waals surface area contributed by atoms with Crippen molar-refractivity contribution in [3.63, 3.8) is 0 Å². The molecule has 1 saturated carbocycles. The lowest BCUT2D eigenvalue weighted by atomic mass is 10.0. The molecule has 1 fully saturated rings. The molecule has 2 rings (SSSR count). The SMILES string of the molecule is CCC(CC)NC(=O)C1(S(=O)(=O)c2ccccc2)CCCC1. The number of hydrogen-bond acceptors (Lipinski definition) is 3. The molecule has 0 heterocycles. The number of sulfone groups is 1. The molecule has 5 heteroatoms. The van der Waals surface area contributed by atoms with Crippen molar-refractivity contribution in [1.82, 2.24) is 5.32 Å². The van der Waals surface area contributed by atoms with Gasteiger partial charge >= 0.3 is 0 Å². The largest absolute Gasteiger partial charge is 0.352 e. The zero-order valence-corrected chi connectivity index (χ0v) is 14.2. The van der Waals surface area contributed by atoms with Gasteiger partial charge in [0.1, 0.15) is 0 Å². The molecule has 0 atom stereocenters. The summed E-state index contributed by atoms with van der Waals surface area (Å²) in [7, 11) is -3.67. The Hall–Kier alpha value is -1.36. The molecule has 0 unspecified atom stereocenters. The van der Waals surface area contributed by atoms with E-state index in [2.05, 4.69) is 5.32 Å². The highest BCUT2D eigenvalue weighted by molar-refractivity contribution is 7.93. The summed E-state index contributed by atoms with van der Waals surface area (Å²) >= 11 is 0. The standard InChI is InChI=1S/C17H25NO3S/c1-3-14(4-2)18-16(19)17(12-8-9-13-17)22(20,21)15-10-6-5-7-11-15/h5-7,10-11,14H,3-4,8-9,12-13H2,1-2H3,(H,18,19). The average Bonchev–Trinajstić information content (AvgIpc) is 3.04. The van der Waals surface area contributed by atoms with E-state index in [1.807, 2.05) is 13.8 Å². The molecule has 0 bridgehead atoms. The van der Waals surface area contributed by atoms with E-state index < -0.39 is 14.6 Å². The summed E-state index contributed by atoms with van der Waals surface area (Å²) in [6.45, 7) is 4.00.